The first-order valence-corrected chi connectivity index (χ1v) is 6.26. The third kappa shape index (κ3) is 2.10. The second-order valence-electron chi connectivity index (χ2n) is 4.28. The lowest BCUT2D eigenvalue weighted by atomic mass is 10.1. The fourth-order valence-corrected chi connectivity index (χ4v) is 2.74. The summed E-state index contributed by atoms with van der Waals surface area (Å²) in [6.07, 6.45) is 1.73. The van der Waals surface area contributed by atoms with Gasteiger partial charge in [-0.05, 0) is 32.4 Å². The van der Waals surface area contributed by atoms with Gasteiger partial charge in [-0.15, -0.1) is 11.3 Å². The average Bonchev–Trinajstić information content (AvgIpc) is 2.56. The maximum Gasteiger partial charge on any atom is 0.263 e. The van der Waals surface area contributed by atoms with Crippen molar-refractivity contribution in [2.24, 2.45) is 0 Å². The summed E-state index contributed by atoms with van der Waals surface area (Å²) in [5.74, 6) is -0.125. The molecule has 0 unspecified atom stereocenters. The summed E-state index contributed by atoms with van der Waals surface area (Å²) in [5, 5.41) is 3.74. The Kier molecular flexibility index (Phi) is 3.02. The molecule has 1 amide bonds. The maximum atomic E-state index is 11.9. The van der Waals surface area contributed by atoms with E-state index in [0.29, 0.717) is 10.6 Å². The quantitative estimate of drug-likeness (QED) is 0.858. The number of aryl methyl sites for hydroxylation is 1. The van der Waals surface area contributed by atoms with Crippen molar-refractivity contribution < 1.29 is 4.79 Å². The van der Waals surface area contributed by atoms with E-state index in [9.17, 15) is 4.79 Å². The van der Waals surface area contributed by atoms with E-state index in [1.165, 1.54) is 11.3 Å². The number of thiophene rings is 1. The Labute approximate surface area is 104 Å². The zero-order chi connectivity index (χ0) is 12.6. The molecule has 5 heteroatoms. The van der Waals surface area contributed by atoms with Crippen LogP contribution in [0.1, 0.15) is 29.1 Å². The van der Waals surface area contributed by atoms with Crippen LogP contribution in [0.4, 0.5) is 5.69 Å². The number of carbonyl (C=O) groups excluding carboxylic acids is 1. The van der Waals surface area contributed by atoms with Gasteiger partial charge in [-0.3, -0.25) is 4.79 Å². The molecule has 0 saturated heterocycles. The van der Waals surface area contributed by atoms with Gasteiger partial charge >= 0.3 is 0 Å². The van der Waals surface area contributed by atoms with Crippen LogP contribution in [0.15, 0.2) is 12.3 Å². The number of nitrogens with one attached hydrogen (secondary N) is 1. The molecule has 0 aliphatic rings. The number of rotatable bonds is 2. The van der Waals surface area contributed by atoms with Crippen LogP contribution in [-0.4, -0.2) is 16.9 Å². The highest BCUT2D eigenvalue weighted by molar-refractivity contribution is 7.21. The summed E-state index contributed by atoms with van der Waals surface area (Å²) in [7, 11) is 0. The van der Waals surface area contributed by atoms with E-state index < -0.39 is 0 Å². The summed E-state index contributed by atoms with van der Waals surface area (Å²) in [5.41, 5.74) is 7.61. The van der Waals surface area contributed by atoms with Crippen LogP contribution in [0.2, 0.25) is 0 Å². The van der Waals surface area contributed by atoms with E-state index in [4.69, 9.17) is 5.73 Å². The SMILES string of the molecule is Cc1ccnc2sc(C(=O)NC(C)C)c(N)c12. The highest BCUT2D eigenvalue weighted by atomic mass is 32.1. The van der Waals surface area contributed by atoms with Crippen molar-refractivity contribution >= 4 is 33.1 Å². The predicted octanol–water partition coefficient (Wildman–Crippen LogP) is 2.33. The molecule has 0 radical (unpaired) electrons. The second-order valence-corrected chi connectivity index (χ2v) is 5.28. The molecule has 0 aromatic carbocycles. The number of amides is 1. The molecule has 90 valence electrons. The molecule has 3 N–H and O–H groups in total. The second kappa shape index (κ2) is 4.33. The number of pyridine rings is 1. The van der Waals surface area contributed by atoms with E-state index in [-0.39, 0.29) is 11.9 Å². The van der Waals surface area contributed by atoms with Gasteiger partial charge in [-0.25, -0.2) is 4.98 Å². The minimum absolute atomic E-state index is 0.0983. The van der Waals surface area contributed by atoms with Gasteiger partial charge in [-0.1, -0.05) is 0 Å². The van der Waals surface area contributed by atoms with Crippen molar-refractivity contribution in [3.05, 3.63) is 22.7 Å². The molecule has 17 heavy (non-hydrogen) atoms. The summed E-state index contributed by atoms with van der Waals surface area (Å²) >= 11 is 1.34. The predicted molar refractivity (Wildman–Crippen MR) is 71.4 cm³/mol. The molecule has 2 heterocycles. The molecular formula is C12H15N3OS. The third-order valence-electron chi connectivity index (χ3n) is 2.46. The van der Waals surface area contributed by atoms with Gasteiger partial charge < -0.3 is 11.1 Å². The fraction of sp³-hybridized carbons (Fsp3) is 0.333. The Balaban J connectivity index is 2.53. The Morgan fingerprint density at radius 3 is 2.82 bits per heavy atom. The van der Waals surface area contributed by atoms with Gasteiger partial charge in [0.2, 0.25) is 0 Å². The number of carbonyl (C=O) groups is 1. The minimum Gasteiger partial charge on any atom is -0.397 e. The monoisotopic (exact) mass is 249 g/mol. The van der Waals surface area contributed by atoms with Crippen LogP contribution in [0.5, 0.6) is 0 Å². The Hall–Kier alpha value is -1.62. The van der Waals surface area contributed by atoms with E-state index >= 15 is 0 Å². The first-order valence-electron chi connectivity index (χ1n) is 5.45. The van der Waals surface area contributed by atoms with E-state index in [0.717, 1.165) is 15.8 Å². The Morgan fingerprint density at radius 2 is 2.24 bits per heavy atom. The van der Waals surface area contributed by atoms with Gasteiger partial charge in [-0.2, -0.15) is 0 Å². The zero-order valence-electron chi connectivity index (χ0n) is 10.1. The number of nitrogens with zero attached hydrogens (tertiary/aromatic N) is 1. The maximum absolute atomic E-state index is 11.9. The lowest BCUT2D eigenvalue weighted by molar-refractivity contribution is 0.0948. The summed E-state index contributed by atoms with van der Waals surface area (Å²) in [6.45, 7) is 5.81. The molecule has 0 bridgehead atoms. The molecule has 0 aliphatic heterocycles. The number of nitrogens with two attached hydrogens (primary N) is 1. The van der Waals surface area contributed by atoms with Crippen LogP contribution < -0.4 is 11.1 Å². The van der Waals surface area contributed by atoms with E-state index in [1.807, 2.05) is 26.8 Å². The topological polar surface area (TPSA) is 68.0 Å². The van der Waals surface area contributed by atoms with Crippen LogP contribution in [0.25, 0.3) is 10.2 Å². The first kappa shape index (κ1) is 11.9. The fourth-order valence-electron chi connectivity index (χ4n) is 1.70. The van der Waals surface area contributed by atoms with E-state index in [1.54, 1.807) is 6.20 Å². The summed E-state index contributed by atoms with van der Waals surface area (Å²) < 4.78 is 0. The van der Waals surface area contributed by atoms with E-state index in [2.05, 4.69) is 10.3 Å². The lowest BCUT2D eigenvalue weighted by Crippen LogP contribution is -2.29. The molecule has 0 saturated carbocycles. The summed E-state index contributed by atoms with van der Waals surface area (Å²) in [6, 6.07) is 2.00. The number of hydrogen-bond donors (Lipinski definition) is 2. The van der Waals surface area contributed by atoms with Crippen LogP contribution >= 0.6 is 11.3 Å². The van der Waals surface area contributed by atoms with Gasteiger partial charge in [0.05, 0.1) is 5.69 Å². The largest absolute Gasteiger partial charge is 0.397 e. The highest BCUT2D eigenvalue weighted by Crippen LogP contribution is 2.34. The number of nitrogen functional groups attached to an aromatic ring is 1. The molecule has 2 aromatic rings. The van der Waals surface area contributed by atoms with Crippen molar-refractivity contribution in [3.8, 4) is 0 Å². The van der Waals surface area contributed by atoms with Crippen molar-refractivity contribution in [3.63, 3.8) is 0 Å². The number of aromatic nitrogens is 1. The smallest absolute Gasteiger partial charge is 0.263 e. The Bertz CT molecular complexity index is 574. The van der Waals surface area contributed by atoms with Gasteiger partial charge in [0, 0.05) is 17.6 Å². The normalized spacial score (nSPS) is 11.1. The number of fused-ring (bicyclic) bond motifs is 1. The van der Waals surface area contributed by atoms with Gasteiger partial charge in [0.15, 0.2) is 0 Å². The molecule has 2 aromatic heterocycles. The van der Waals surface area contributed by atoms with Crippen molar-refractivity contribution in [2.75, 3.05) is 5.73 Å². The molecule has 0 aliphatic carbocycles. The Morgan fingerprint density at radius 1 is 1.53 bits per heavy atom. The molecule has 0 fully saturated rings. The van der Waals surface area contributed by atoms with Crippen LogP contribution in [0, 0.1) is 6.92 Å². The van der Waals surface area contributed by atoms with Crippen molar-refractivity contribution in [2.45, 2.75) is 26.8 Å². The molecule has 4 nitrogen and oxygen atoms in total. The summed E-state index contributed by atoms with van der Waals surface area (Å²) in [4.78, 5) is 17.6. The lowest BCUT2D eigenvalue weighted by Gasteiger charge is -2.06. The molecule has 2 rings (SSSR count). The molecule has 0 atom stereocenters. The standard InChI is InChI=1S/C12H15N3OS/c1-6(2)15-11(16)10-9(13)8-7(3)4-5-14-12(8)17-10/h4-6H,13H2,1-3H3,(H,15,16). The average molecular weight is 249 g/mol. The number of anilines is 1. The third-order valence-corrected chi connectivity index (χ3v) is 3.58. The minimum atomic E-state index is -0.125. The van der Waals surface area contributed by atoms with Gasteiger partial charge in [0.1, 0.15) is 9.71 Å². The highest BCUT2D eigenvalue weighted by Gasteiger charge is 2.18. The first-order chi connectivity index (χ1) is 8.00. The van der Waals surface area contributed by atoms with Crippen LogP contribution in [0.3, 0.4) is 0 Å². The van der Waals surface area contributed by atoms with Gasteiger partial charge in [0.25, 0.3) is 5.91 Å². The molecule has 0 spiro atoms. The number of hydrogen-bond acceptors (Lipinski definition) is 4. The molecular weight excluding hydrogens is 234 g/mol. The zero-order valence-corrected chi connectivity index (χ0v) is 10.9. The van der Waals surface area contributed by atoms with Crippen molar-refractivity contribution in [1.82, 2.24) is 10.3 Å². The van der Waals surface area contributed by atoms with Crippen molar-refractivity contribution in [1.29, 1.82) is 0 Å². The van der Waals surface area contributed by atoms with Crippen LogP contribution in [-0.2, 0) is 0 Å².